The van der Waals surface area contributed by atoms with E-state index in [0.717, 1.165) is 19.3 Å². The number of hydrogen-bond donors (Lipinski definition) is 1. The predicted octanol–water partition coefficient (Wildman–Crippen LogP) is 2.72. The summed E-state index contributed by atoms with van der Waals surface area (Å²) in [4.78, 5) is 0. The van der Waals surface area contributed by atoms with Gasteiger partial charge in [-0.2, -0.15) is 0 Å². The van der Waals surface area contributed by atoms with Gasteiger partial charge in [0, 0.05) is 25.2 Å². The Bertz CT molecular complexity index is 593. The second kappa shape index (κ2) is 8.27. The van der Waals surface area contributed by atoms with E-state index in [1.807, 2.05) is 6.92 Å². The second-order valence-electron chi connectivity index (χ2n) is 6.69. The molecule has 0 aromatic heterocycles. The van der Waals surface area contributed by atoms with Crippen molar-refractivity contribution in [3.63, 3.8) is 0 Å². The van der Waals surface area contributed by atoms with E-state index < -0.39 is 10.0 Å². The molecule has 1 fully saturated rings. The maximum absolute atomic E-state index is 12.1. The van der Waals surface area contributed by atoms with Crippen LogP contribution in [0.4, 0.5) is 0 Å². The van der Waals surface area contributed by atoms with Crippen molar-refractivity contribution in [3.8, 4) is 0 Å². The van der Waals surface area contributed by atoms with E-state index in [1.165, 1.54) is 11.1 Å². The average Bonchev–Trinajstić information content (AvgIpc) is 2.50. The molecule has 1 N–H and O–H groups in total. The first-order chi connectivity index (χ1) is 10.9. The van der Waals surface area contributed by atoms with E-state index >= 15 is 0 Å². The number of aryl methyl sites for hydroxylation is 1. The molecule has 0 bridgehead atoms. The first-order valence-electron chi connectivity index (χ1n) is 8.70. The van der Waals surface area contributed by atoms with Crippen molar-refractivity contribution in [1.82, 2.24) is 9.62 Å². The van der Waals surface area contributed by atoms with Gasteiger partial charge in [-0.25, -0.2) is 12.7 Å². The van der Waals surface area contributed by atoms with Crippen LogP contribution < -0.4 is 5.32 Å². The van der Waals surface area contributed by atoms with E-state index in [1.54, 1.807) is 4.31 Å². The molecule has 1 aromatic carbocycles. The van der Waals surface area contributed by atoms with E-state index in [4.69, 9.17) is 0 Å². The Morgan fingerprint density at radius 1 is 1.26 bits per heavy atom. The Kier molecular flexibility index (Phi) is 6.62. The fourth-order valence-electron chi connectivity index (χ4n) is 3.32. The molecule has 0 amide bonds. The molecular formula is C18H30N2O2S. The molecule has 1 aromatic rings. The second-order valence-corrected chi connectivity index (χ2v) is 8.78. The van der Waals surface area contributed by atoms with Gasteiger partial charge in [0.05, 0.1) is 5.75 Å². The fraction of sp³-hybridized carbons (Fsp3) is 0.667. The Morgan fingerprint density at radius 3 is 2.52 bits per heavy atom. The number of rotatable bonds is 7. The Morgan fingerprint density at radius 2 is 1.91 bits per heavy atom. The first kappa shape index (κ1) is 18.4. The molecule has 2 rings (SSSR count). The lowest BCUT2D eigenvalue weighted by atomic mass is 10.00. The van der Waals surface area contributed by atoms with Crippen LogP contribution in [-0.2, 0) is 16.4 Å². The lowest BCUT2D eigenvalue weighted by Gasteiger charge is -2.33. The van der Waals surface area contributed by atoms with Crippen molar-refractivity contribution in [2.45, 2.75) is 58.5 Å². The summed E-state index contributed by atoms with van der Waals surface area (Å²) in [7, 11) is -3.03. The number of benzene rings is 1. The smallest absolute Gasteiger partial charge is 0.214 e. The standard InChI is InChI=1S/C18H30N2O2S/c1-4-13-23(21,22)20-11-9-18(10-12-20)19-16(3)14-17-8-6-5-7-15(17)2/h5-8,16,18-19H,4,9-14H2,1-3H3. The summed E-state index contributed by atoms with van der Waals surface area (Å²) in [6, 6.07) is 9.32. The number of sulfonamides is 1. The molecule has 23 heavy (non-hydrogen) atoms. The van der Waals surface area contributed by atoms with Gasteiger partial charge in [0.15, 0.2) is 0 Å². The van der Waals surface area contributed by atoms with Gasteiger partial charge in [-0.15, -0.1) is 0 Å². The number of nitrogens with one attached hydrogen (secondary N) is 1. The minimum atomic E-state index is -3.03. The first-order valence-corrected chi connectivity index (χ1v) is 10.3. The Balaban J connectivity index is 1.81. The molecule has 0 radical (unpaired) electrons. The molecule has 0 spiro atoms. The maximum atomic E-state index is 12.1. The molecular weight excluding hydrogens is 308 g/mol. The van der Waals surface area contributed by atoms with Gasteiger partial charge in [-0.1, -0.05) is 31.2 Å². The van der Waals surface area contributed by atoms with Gasteiger partial charge in [0.25, 0.3) is 0 Å². The SMILES string of the molecule is CCCS(=O)(=O)N1CCC(NC(C)Cc2ccccc2C)CC1. The Hall–Kier alpha value is -0.910. The summed E-state index contributed by atoms with van der Waals surface area (Å²) in [5.41, 5.74) is 2.72. The summed E-state index contributed by atoms with van der Waals surface area (Å²) in [6.07, 6.45) is 3.51. The zero-order valence-electron chi connectivity index (χ0n) is 14.6. The van der Waals surface area contributed by atoms with Crippen molar-refractivity contribution in [3.05, 3.63) is 35.4 Å². The molecule has 130 valence electrons. The number of piperidine rings is 1. The quantitative estimate of drug-likeness (QED) is 0.832. The number of nitrogens with zero attached hydrogens (tertiary/aromatic N) is 1. The predicted molar refractivity (Wildman–Crippen MR) is 96.2 cm³/mol. The molecule has 1 saturated heterocycles. The summed E-state index contributed by atoms with van der Waals surface area (Å²) in [5, 5.41) is 3.68. The molecule has 0 aliphatic carbocycles. The van der Waals surface area contributed by atoms with E-state index in [9.17, 15) is 8.42 Å². The lowest BCUT2D eigenvalue weighted by Crippen LogP contribution is -2.48. The van der Waals surface area contributed by atoms with Crippen molar-refractivity contribution >= 4 is 10.0 Å². The minimum Gasteiger partial charge on any atom is -0.311 e. The van der Waals surface area contributed by atoms with Crippen LogP contribution >= 0.6 is 0 Å². The van der Waals surface area contributed by atoms with Crippen LogP contribution in [0.1, 0.15) is 44.2 Å². The van der Waals surface area contributed by atoms with Crippen molar-refractivity contribution in [1.29, 1.82) is 0 Å². The zero-order chi connectivity index (χ0) is 16.9. The number of hydrogen-bond acceptors (Lipinski definition) is 3. The molecule has 5 heteroatoms. The Labute approximate surface area is 141 Å². The molecule has 4 nitrogen and oxygen atoms in total. The van der Waals surface area contributed by atoms with Crippen molar-refractivity contribution in [2.24, 2.45) is 0 Å². The van der Waals surface area contributed by atoms with Gasteiger partial charge in [0.1, 0.15) is 0 Å². The zero-order valence-corrected chi connectivity index (χ0v) is 15.4. The average molecular weight is 339 g/mol. The normalized spacial score (nSPS) is 18.9. The topological polar surface area (TPSA) is 49.4 Å². The third-order valence-corrected chi connectivity index (χ3v) is 6.69. The van der Waals surface area contributed by atoms with Crippen LogP contribution in [0, 0.1) is 6.92 Å². The lowest BCUT2D eigenvalue weighted by molar-refractivity contribution is 0.276. The highest BCUT2D eigenvalue weighted by atomic mass is 32.2. The van der Waals surface area contributed by atoms with Gasteiger partial charge in [-0.05, 0) is 50.7 Å². The van der Waals surface area contributed by atoms with Crippen LogP contribution in [-0.4, -0.2) is 43.6 Å². The molecule has 1 atom stereocenters. The molecule has 0 saturated carbocycles. The van der Waals surface area contributed by atoms with Crippen LogP contribution in [0.25, 0.3) is 0 Å². The van der Waals surface area contributed by atoms with Crippen LogP contribution in [0.15, 0.2) is 24.3 Å². The van der Waals surface area contributed by atoms with E-state index in [0.29, 0.717) is 31.6 Å². The van der Waals surface area contributed by atoms with E-state index in [2.05, 4.69) is 43.4 Å². The maximum Gasteiger partial charge on any atom is 0.214 e. The van der Waals surface area contributed by atoms with Crippen molar-refractivity contribution in [2.75, 3.05) is 18.8 Å². The largest absolute Gasteiger partial charge is 0.311 e. The van der Waals surface area contributed by atoms with Gasteiger partial charge in [-0.3, -0.25) is 0 Å². The summed E-state index contributed by atoms with van der Waals surface area (Å²) >= 11 is 0. The van der Waals surface area contributed by atoms with Gasteiger partial charge < -0.3 is 5.32 Å². The third-order valence-electron chi connectivity index (χ3n) is 4.62. The highest BCUT2D eigenvalue weighted by molar-refractivity contribution is 7.89. The van der Waals surface area contributed by atoms with Crippen LogP contribution in [0.3, 0.4) is 0 Å². The third kappa shape index (κ3) is 5.30. The summed E-state index contributed by atoms with van der Waals surface area (Å²) in [5.74, 6) is 0.273. The molecule has 1 aliphatic heterocycles. The van der Waals surface area contributed by atoms with Crippen molar-refractivity contribution < 1.29 is 8.42 Å². The van der Waals surface area contributed by atoms with Crippen LogP contribution in [0.2, 0.25) is 0 Å². The molecule has 1 unspecified atom stereocenters. The highest BCUT2D eigenvalue weighted by Crippen LogP contribution is 2.17. The monoisotopic (exact) mass is 338 g/mol. The van der Waals surface area contributed by atoms with Crippen LogP contribution in [0.5, 0.6) is 0 Å². The fourth-order valence-corrected chi connectivity index (χ4v) is 4.86. The highest BCUT2D eigenvalue weighted by Gasteiger charge is 2.27. The molecule has 1 aliphatic rings. The summed E-state index contributed by atoms with van der Waals surface area (Å²) in [6.45, 7) is 7.58. The van der Waals surface area contributed by atoms with Gasteiger partial charge in [0.2, 0.25) is 10.0 Å². The van der Waals surface area contributed by atoms with E-state index in [-0.39, 0.29) is 5.75 Å². The minimum absolute atomic E-state index is 0.273. The molecule has 1 heterocycles. The van der Waals surface area contributed by atoms with Gasteiger partial charge >= 0.3 is 0 Å². The summed E-state index contributed by atoms with van der Waals surface area (Å²) < 4.78 is 25.9.